The number of anilines is 1. The van der Waals surface area contributed by atoms with E-state index in [-0.39, 0.29) is 23.4 Å². The number of ether oxygens (including phenoxy) is 1. The number of hydrogen-bond acceptors (Lipinski definition) is 7. The van der Waals surface area contributed by atoms with E-state index in [0.29, 0.717) is 33.6 Å². The maximum absolute atomic E-state index is 15.1. The van der Waals surface area contributed by atoms with Crippen LogP contribution >= 0.6 is 0 Å². The first-order valence-corrected chi connectivity index (χ1v) is 11.6. The summed E-state index contributed by atoms with van der Waals surface area (Å²) in [7, 11) is -0.839. The monoisotopic (exact) mass is 472 g/mol. The molecule has 12 heteroatoms. The number of methoxy groups -OCH3 is 1. The summed E-state index contributed by atoms with van der Waals surface area (Å²) in [5, 5.41) is 20.9. The number of sulfonamides is 1. The number of halogens is 1. The second-order valence-corrected chi connectivity index (χ2v) is 9.69. The number of aromatic nitrogens is 5. The van der Waals surface area contributed by atoms with Crippen molar-refractivity contribution in [2.24, 2.45) is 7.05 Å². The quantitative estimate of drug-likeness (QED) is 0.392. The maximum atomic E-state index is 15.1. The molecule has 1 aliphatic carbocycles. The average Bonchev–Trinajstić information content (AvgIpc) is 3.42. The SMILES string of the molecule is COc1ccc2c(-c3cc(C4(F)CC(O)C4)ccn3)nn(C)c2c1NS(=O)(=O)c1cn[nH]c1. The summed E-state index contributed by atoms with van der Waals surface area (Å²) >= 11 is 0. The Hall–Kier alpha value is -3.51. The summed E-state index contributed by atoms with van der Waals surface area (Å²) in [5.74, 6) is 0.303. The first-order valence-electron chi connectivity index (χ1n) is 10.1. The van der Waals surface area contributed by atoms with Gasteiger partial charge in [0.15, 0.2) is 0 Å². The predicted octanol–water partition coefficient (Wildman–Crippen LogP) is 2.49. The van der Waals surface area contributed by atoms with Gasteiger partial charge in [0.2, 0.25) is 0 Å². The van der Waals surface area contributed by atoms with Crippen LogP contribution in [0.15, 0.2) is 47.8 Å². The van der Waals surface area contributed by atoms with Gasteiger partial charge in [-0.25, -0.2) is 12.8 Å². The van der Waals surface area contributed by atoms with Crippen molar-refractivity contribution in [3.05, 3.63) is 48.4 Å². The molecule has 1 saturated carbocycles. The molecule has 0 radical (unpaired) electrons. The van der Waals surface area contributed by atoms with Crippen LogP contribution in [0.5, 0.6) is 5.75 Å². The normalized spacial score (nSPS) is 20.5. The molecular formula is C21H21FN6O4S. The van der Waals surface area contributed by atoms with Crippen molar-refractivity contribution in [2.75, 3.05) is 11.8 Å². The summed E-state index contributed by atoms with van der Waals surface area (Å²) in [6.45, 7) is 0. The second-order valence-electron chi connectivity index (χ2n) is 8.01. The molecule has 0 spiro atoms. The molecule has 33 heavy (non-hydrogen) atoms. The molecule has 3 aromatic heterocycles. The third-order valence-electron chi connectivity index (χ3n) is 5.85. The van der Waals surface area contributed by atoms with Gasteiger partial charge in [-0.2, -0.15) is 10.2 Å². The van der Waals surface area contributed by atoms with Gasteiger partial charge in [0, 0.05) is 37.7 Å². The summed E-state index contributed by atoms with van der Waals surface area (Å²) in [4.78, 5) is 4.33. The lowest BCUT2D eigenvalue weighted by Gasteiger charge is -2.38. The number of alkyl halides is 1. The Morgan fingerprint density at radius 1 is 1.33 bits per heavy atom. The van der Waals surface area contributed by atoms with E-state index in [9.17, 15) is 13.5 Å². The van der Waals surface area contributed by atoms with Crippen LogP contribution in [-0.2, 0) is 22.7 Å². The molecule has 1 aliphatic rings. The van der Waals surface area contributed by atoms with Gasteiger partial charge in [-0.15, -0.1) is 0 Å². The highest BCUT2D eigenvalue weighted by molar-refractivity contribution is 7.92. The predicted molar refractivity (Wildman–Crippen MR) is 118 cm³/mol. The third kappa shape index (κ3) is 3.51. The van der Waals surface area contributed by atoms with Gasteiger partial charge >= 0.3 is 0 Å². The molecule has 1 fully saturated rings. The van der Waals surface area contributed by atoms with Crippen LogP contribution in [0.4, 0.5) is 10.1 Å². The smallest absolute Gasteiger partial charge is 0.265 e. The van der Waals surface area contributed by atoms with Crippen molar-refractivity contribution in [3.8, 4) is 17.1 Å². The molecule has 3 heterocycles. The molecule has 0 saturated heterocycles. The molecule has 0 unspecified atom stereocenters. The first-order chi connectivity index (χ1) is 15.7. The Kier molecular flexibility index (Phi) is 4.87. The van der Waals surface area contributed by atoms with Crippen LogP contribution in [-0.4, -0.2) is 51.7 Å². The molecular weight excluding hydrogens is 451 g/mol. The maximum Gasteiger partial charge on any atom is 0.265 e. The van der Waals surface area contributed by atoms with E-state index in [4.69, 9.17) is 4.74 Å². The number of aliphatic hydroxyl groups excluding tert-OH is 1. The Labute approximate surface area is 188 Å². The summed E-state index contributed by atoms with van der Waals surface area (Å²) in [6, 6.07) is 6.59. The fourth-order valence-electron chi connectivity index (χ4n) is 4.15. The summed E-state index contributed by atoms with van der Waals surface area (Å²) in [5.41, 5.74) is 0.395. The van der Waals surface area contributed by atoms with Gasteiger partial charge in [-0.05, 0) is 29.8 Å². The lowest BCUT2D eigenvalue weighted by atomic mass is 9.74. The van der Waals surface area contributed by atoms with Crippen molar-refractivity contribution in [1.29, 1.82) is 0 Å². The van der Waals surface area contributed by atoms with Crippen LogP contribution in [0.2, 0.25) is 0 Å². The van der Waals surface area contributed by atoms with E-state index in [0.717, 1.165) is 0 Å². The third-order valence-corrected chi connectivity index (χ3v) is 7.16. The minimum absolute atomic E-state index is 0.0331. The van der Waals surface area contributed by atoms with Crippen LogP contribution in [0.1, 0.15) is 18.4 Å². The fraction of sp³-hybridized carbons (Fsp3) is 0.286. The van der Waals surface area contributed by atoms with Crippen molar-refractivity contribution >= 4 is 26.6 Å². The molecule has 0 atom stereocenters. The van der Waals surface area contributed by atoms with E-state index in [1.165, 1.54) is 30.4 Å². The molecule has 5 rings (SSSR count). The number of pyridine rings is 1. The molecule has 0 aliphatic heterocycles. The summed E-state index contributed by atoms with van der Waals surface area (Å²) in [6.07, 6.45) is 3.39. The summed E-state index contributed by atoms with van der Waals surface area (Å²) < 4.78 is 50.3. The Morgan fingerprint density at radius 2 is 2.12 bits per heavy atom. The van der Waals surface area contributed by atoms with Gasteiger partial charge < -0.3 is 9.84 Å². The van der Waals surface area contributed by atoms with E-state index in [1.54, 1.807) is 31.3 Å². The number of benzene rings is 1. The van der Waals surface area contributed by atoms with E-state index < -0.39 is 21.8 Å². The highest BCUT2D eigenvalue weighted by atomic mass is 32.2. The number of H-pyrrole nitrogens is 1. The van der Waals surface area contributed by atoms with Crippen molar-refractivity contribution in [3.63, 3.8) is 0 Å². The lowest BCUT2D eigenvalue weighted by molar-refractivity contribution is -0.0606. The molecule has 4 aromatic rings. The molecule has 0 bridgehead atoms. The van der Waals surface area contributed by atoms with Crippen LogP contribution in [0.25, 0.3) is 22.3 Å². The van der Waals surface area contributed by atoms with E-state index >= 15 is 4.39 Å². The number of nitrogens with zero attached hydrogens (tertiary/aromatic N) is 4. The zero-order chi connectivity index (χ0) is 23.4. The van der Waals surface area contributed by atoms with Crippen molar-refractivity contribution < 1.29 is 22.7 Å². The van der Waals surface area contributed by atoms with Gasteiger partial charge in [0.05, 0.1) is 30.6 Å². The van der Waals surface area contributed by atoms with Gasteiger partial charge in [-0.3, -0.25) is 19.5 Å². The van der Waals surface area contributed by atoms with E-state index in [2.05, 4.69) is 25.0 Å². The standard InChI is InChI=1S/C21H21FN6O4S/c1-28-20-15(3-4-17(32-2)19(20)27-33(30,31)14-10-24-25-11-14)18(26-28)16-7-12(5-6-23-16)21(22)8-13(29)9-21/h3-7,10-11,13,27,29H,8-9H2,1-2H3,(H,24,25). The van der Waals surface area contributed by atoms with Gasteiger partial charge in [0.1, 0.15) is 27.7 Å². The minimum Gasteiger partial charge on any atom is -0.494 e. The number of aromatic amines is 1. The number of aliphatic hydroxyl groups is 1. The Balaban J connectivity index is 1.63. The number of hydrogen-bond donors (Lipinski definition) is 3. The first kappa shape index (κ1) is 21.3. The minimum atomic E-state index is -3.95. The van der Waals surface area contributed by atoms with Gasteiger partial charge in [0.25, 0.3) is 10.0 Å². The number of rotatable bonds is 6. The zero-order valence-electron chi connectivity index (χ0n) is 17.8. The Morgan fingerprint density at radius 3 is 2.79 bits per heavy atom. The molecule has 1 aromatic carbocycles. The highest BCUT2D eigenvalue weighted by Crippen LogP contribution is 2.46. The van der Waals surface area contributed by atoms with E-state index in [1.807, 2.05) is 0 Å². The van der Waals surface area contributed by atoms with Crippen molar-refractivity contribution in [1.82, 2.24) is 25.0 Å². The molecule has 3 N–H and O–H groups in total. The van der Waals surface area contributed by atoms with Crippen LogP contribution in [0.3, 0.4) is 0 Å². The number of aryl methyl sites for hydroxylation is 1. The van der Waals surface area contributed by atoms with Crippen LogP contribution < -0.4 is 9.46 Å². The number of fused-ring (bicyclic) bond motifs is 1. The number of nitrogens with one attached hydrogen (secondary N) is 2. The second kappa shape index (κ2) is 7.52. The zero-order valence-corrected chi connectivity index (χ0v) is 18.6. The van der Waals surface area contributed by atoms with Crippen molar-refractivity contribution in [2.45, 2.75) is 29.5 Å². The fourth-order valence-corrected chi connectivity index (χ4v) is 5.14. The molecule has 172 valence electrons. The van der Waals surface area contributed by atoms with Crippen LogP contribution in [0, 0.1) is 0 Å². The van der Waals surface area contributed by atoms with Gasteiger partial charge in [-0.1, -0.05) is 0 Å². The molecule has 0 amide bonds. The highest BCUT2D eigenvalue weighted by Gasteiger charge is 2.45. The lowest BCUT2D eigenvalue weighted by Crippen LogP contribution is -2.40. The Bertz CT molecular complexity index is 1450. The molecule has 10 nitrogen and oxygen atoms in total. The topological polar surface area (TPSA) is 135 Å². The largest absolute Gasteiger partial charge is 0.494 e. The average molecular weight is 473 g/mol.